The molecule has 1 unspecified atom stereocenters. The number of rotatable bonds is 7. The predicted molar refractivity (Wildman–Crippen MR) is 95.5 cm³/mol. The summed E-state index contributed by atoms with van der Waals surface area (Å²) >= 11 is 0. The van der Waals surface area contributed by atoms with E-state index >= 15 is 0 Å². The lowest BCUT2D eigenvalue weighted by Gasteiger charge is -2.15. The molecule has 1 aromatic heterocycles. The Bertz CT molecular complexity index is 958. The van der Waals surface area contributed by atoms with Crippen LogP contribution < -0.4 is 5.32 Å². The first-order chi connectivity index (χ1) is 13.4. The number of benzene rings is 2. The summed E-state index contributed by atoms with van der Waals surface area (Å²) in [5, 5.41) is 6.51. The summed E-state index contributed by atoms with van der Waals surface area (Å²) in [6.07, 6.45) is 1.03. The lowest BCUT2D eigenvalue weighted by atomic mass is 10.1. The Morgan fingerprint density at radius 1 is 1.11 bits per heavy atom. The molecule has 0 saturated carbocycles. The highest BCUT2D eigenvalue weighted by Crippen LogP contribution is 2.19. The zero-order chi connectivity index (χ0) is 20.1. The molecule has 0 bridgehead atoms. The average Bonchev–Trinajstić information content (AvgIpc) is 3.11. The van der Waals surface area contributed by atoms with Crippen LogP contribution in [0.5, 0.6) is 0 Å². The van der Waals surface area contributed by atoms with Crippen molar-refractivity contribution in [1.29, 1.82) is 0 Å². The predicted octanol–water partition coefficient (Wildman–Crippen LogP) is 4.35. The summed E-state index contributed by atoms with van der Waals surface area (Å²) in [7, 11) is 0. The maximum Gasteiger partial charge on any atom is 0.226 e. The van der Waals surface area contributed by atoms with Crippen LogP contribution in [0.2, 0.25) is 0 Å². The minimum absolute atomic E-state index is 0.182. The van der Waals surface area contributed by atoms with E-state index in [1.165, 1.54) is 18.2 Å². The molecule has 1 atom stereocenters. The van der Waals surface area contributed by atoms with E-state index in [1.807, 2.05) is 0 Å². The molecule has 8 heteroatoms. The monoisotopic (exact) mass is 389 g/mol. The molecule has 1 amide bonds. The number of amides is 1. The number of halogens is 3. The standard InChI is InChI=1S/C20H18F3N3O2/c1-12(16-10-9-15(22)11-17(16)23)24-18(27)3-2-4-19-25-20(26-28-19)13-5-7-14(21)8-6-13/h5-12H,2-4H2,1H3,(H,24,27). The third-order valence-electron chi connectivity index (χ3n) is 4.17. The van der Waals surface area contributed by atoms with Crippen LogP contribution in [0.3, 0.4) is 0 Å². The lowest BCUT2D eigenvalue weighted by Crippen LogP contribution is -2.27. The first-order valence-corrected chi connectivity index (χ1v) is 8.75. The highest BCUT2D eigenvalue weighted by atomic mass is 19.1. The summed E-state index contributed by atoms with van der Waals surface area (Å²) < 4.78 is 44.8. The Labute approximate surface area is 159 Å². The Kier molecular flexibility index (Phi) is 6.08. The molecule has 5 nitrogen and oxygen atoms in total. The van der Waals surface area contributed by atoms with Gasteiger partial charge < -0.3 is 9.84 Å². The number of nitrogens with one attached hydrogen (secondary N) is 1. The summed E-state index contributed by atoms with van der Waals surface area (Å²) in [6.45, 7) is 1.63. The van der Waals surface area contributed by atoms with E-state index in [0.717, 1.165) is 12.1 Å². The van der Waals surface area contributed by atoms with Crippen LogP contribution >= 0.6 is 0 Å². The van der Waals surface area contributed by atoms with Crippen molar-refractivity contribution in [2.24, 2.45) is 0 Å². The normalized spacial score (nSPS) is 12.0. The average molecular weight is 389 g/mol. The molecule has 0 radical (unpaired) electrons. The van der Waals surface area contributed by atoms with Crippen LogP contribution in [-0.2, 0) is 11.2 Å². The summed E-state index contributed by atoms with van der Waals surface area (Å²) in [4.78, 5) is 16.3. The van der Waals surface area contributed by atoms with E-state index in [-0.39, 0.29) is 23.7 Å². The Morgan fingerprint density at radius 3 is 2.54 bits per heavy atom. The van der Waals surface area contributed by atoms with Gasteiger partial charge in [-0.2, -0.15) is 4.98 Å². The number of carbonyl (C=O) groups is 1. The second-order valence-electron chi connectivity index (χ2n) is 6.33. The van der Waals surface area contributed by atoms with Gasteiger partial charge in [0, 0.05) is 30.0 Å². The number of hydrogen-bond donors (Lipinski definition) is 1. The van der Waals surface area contributed by atoms with E-state index in [2.05, 4.69) is 15.5 Å². The molecule has 146 valence electrons. The first kappa shape index (κ1) is 19.6. The minimum atomic E-state index is -0.702. The number of carbonyl (C=O) groups excluding carboxylic acids is 1. The minimum Gasteiger partial charge on any atom is -0.349 e. The van der Waals surface area contributed by atoms with Gasteiger partial charge in [0.05, 0.1) is 6.04 Å². The van der Waals surface area contributed by atoms with Gasteiger partial charge in [-0.05, 0) is 43.7 Å². The molecule has 0 aliphatic rings. The molecule has 0 fully saturated rings. The van der Waals surface area contributed by atoms with Gasteiger partial charge in [-0.3, -0.25) is 4.79 Å². The summed E-state index contributed by atoms with van der Waals surface area (Å²) in [5.41, 5.74) is 0.847. The van der Waals surface area contributed by atoms with Crippen molar-refractivity contribution in [2.45, 2.75) is 32.2 Å². The van der Waals surface area contributed by atoms with Gasteiger partial charge in [0.1, 0.15) is 17.5 Å². The SMILES string of the molecule is CC(NC(=O)CCCc1nc(-c2ccc(F)cc2)no1)c1ccc(F)cc1F. The van der Waals surface area contributed by atoms with E-state index in [0.29, 0.717) is 30.1 Å². The zero-order valence-corrected chi connectivity index (χ0v) is 15.1. The molecule has 2 aromatic carbocycles. The topological polar surface area (TPSA) is 68.0 Å². The zero-order valence-electron chi connectivity index (χ0n) is 15.1. The van der Waals surface area contributed by atoms with Crippen LogP contribution in [0.15, 0.2) is 47.0 Å². The fraction of sp³-hybridized carbons (Fsp3) is 0.250. The highest BCUT2D eigenvalue weighted by Gasteiger charge is 2.15. The van der Waals surface area contributed by atoms with Crippen molar-refractivity contribution in [3.05, 3.63) is 71.4 Å². The molecule has 3 rings (SSSR count). The highest BCUT2D eigenvalue weighted by molar-refractivity contribution is 5.76. The smallest absolute Gasteiger partial charge is 0.226 e. The van der Waals surface area contributed by atoms with Gasteiger partial charge in [0.2, 0.25) is 17.6 Å². The third kappa shape index (κ3) is 4.97. The van der Waals surface area contributed by atoms with Crippen molar-refractivity contribution in [1.82, 2.24) is 15.5 Å². The van der Waals surface area contributed by atoms with Crippen LogP contribution in [0, 0.1) is 17.5 Å². The molecule has 3 aromatic rings. The van der Waals surface area contributed by atoms with E-state index in [1.54, 1.807) is 19.1 Å². The fourth-order valence-corrected chi connectivity index (χ4v) is 2.72. The molecular weight excluding hydrogens is 371 g/mol. The summed E-state index contributed by atoms with van der Waals surface area (Å²) in [5.74, 6) is -1.28. The van der Waals surface area contributed by atoms with Gasteiger partial charge in [-0.25, -0.2) is 13.2 Å². The van der Waals surface area contributed by atoms with Crippen molar-refractivity contribution in [3.8, 4) is 11.4 Å². The van der Waals surface area contributed by atoms with E-state index in [4.69, 9.17) is 4.52 Å². The number of hydrogen-bond acceptors (Lipinski definition) is 4. The lowest BCUT2D eigenvalue weighted by molar-refractivity contribution is -0.121. The molecule has 0 saturated heterocycles. The van der Waals surface area contributed by atoms with Crippen molar-refractivity contribution in [2.75, 3.05) is 0 Å². The van der Waals surface area contributed by atoms with E-state index < -0.39 is 17.7 Å². The molecule has 1 heterocycles. The number of nitrogens with zero attached hydrogens (tertiary/aromatic N) is 2. The molecular formula is C20H18F3N3O2. The maximum atomic E-state index is 13.7. The Morgan fingerprint density at radius 2 is 1.82 bits per heavy atom. The number of aryl methyl sites for hydroxylation is 1. The van der Waals surface area contributed by atoms with Gasteiger partial charge in [0.15, 0.2) is 0 Å². The largest absolute Gasteiger partial charge is 0.349 e. The third-order valence-corrected chi connectivity index (χ3v) is 4.17. The van der Waals surface area contributed by atoms with Crippen LogP contribution in [-0.4, -0.2) is 16.0 Å². The molecule has 1 N–H and O–H groups in total. The van der Waals surface area contributed by atoms with Crippen molar-refractivity contribution < 1.29 is 22.5 Å². The second kappa shape index (κ2) is 8.69. The van der Waals surface area contributed by atoms with Crippen molar-refractivity contribution in [3.63, 3.8) is 0 Å². The fourth-order valence-electron chi connectivity index (χ4n) is 2.72. The van der Waals surface area contributed by atoms with Crippen LogP contribution in [0.25, 0.3) is 11.4 Å². The quantitative estimate of drug-likeness (QED) is 0.652. The van der Waals surface area contributed by atoms with Gasteiger partial charge >= 0.3 is 0 Å². The Hall–Kier alpha value is -3.16. The molecule has 28 heavy (non-hydrogen) atoms. The van der Waals surface area contributed by atoms with Crippen LogP contribution in [0.4, 0.5) is 13.2 Å². The van der Waals surface area contributed by atoms with Gasteiger partial charge in [-0.15, -0.1) is 0 Å². The van der Waals surface area contributed by atoms with E-state index in [9.17, 15) is 18.0 Å². The summed E-state index contributed by atoms with van der Waals surface area (Å²) in [6, 6.07) is 8.37. The van der Waals surface area contributed by atoms with Crippen LogP contribution in [0.1, 0.15) is 37.3 Å². The number of aromatic nitrogens is 2. The van der Waals surface area contributed by atoms with Gasteiger partial charge in [0.25, 0.3) is 0 Å². The Balaban J connectivity index is 1.48. The molecule has 0 spiro atoms. The van der Waals surface area contributed by atoms with Crippen molar-refractivity contribution >= 4 is 5.91 Å². The molecule has 0 aliphatic carbocycles. The maximum absolute atomic E-state index is 13.7. The first-order valence-electron chi connectivity index (χ1n) is 8.75. The van der Waals surface area contributed by atoms with Gasteiger partial charge in [-0.1, -0.05) is 11.2 Å². The molecule has 0 aliphatic heterocycles. The second-order valence-corrected chi connectivity index (χ2v) is 6.33.